The first-order chi connectivity index (χ1) is 6.97. The summed E-state index contributed by atoms with van der Waals surface area (Å²) in [5, 5.41) is 0. The third kappa shape index (κ3) is 8.66. The SMILES string of the molecule is CCOC[Si](C)(C)O[Si](C)(C)O[Si](C)(C)C. The third-order valence-corrected chi connectivity index (χ3v) is 11.2. The van der Waals surface area contributed by atoms with Crippen LogP contribution in [-0.2, 0) is 13.0 Å². The Morgan fingerprint density at radius 2 is 1.31 bits per heavy atom. The quantitative estimate of drug-likeness (QED) is 0.670. The van der Waals surface area contributed by atoms with Gasteiger partial charge in [0.05, 0.1) is 6.23 Å². The summed E-state index contributed by atoms with van der Waals surface area (Å²) in [6.45, 7) is 18.1. The second kappa shape index (κ2) is 5.92. The zero-order chi connectivity index (χ0) is 13.0. The second-order valence-electron chi connectivity index (χ2n) is 6.11. The van der Waals surface area contributed by atoms with Gasteiger partial charge in [0, 0.05) is 6.61 Å². The largest absolute Gasteiger partial charge is 0.437 e. The lowest BCUT2D eigenvalue weighted by Crippen LogP contribution is -2.53. The first-order valence-corrected chi connectivity index (χ1v) is 15.3. The van der Waals surface area contributed by atoms with Gasteiger partial charge in [0.15, 0.2) is 8.32 Å². The van der Waals surface area contributed by atoms with Crippen LogP contribution in [0.25, 0.3) is 0 Å². The lowest BCUT2D eigenvalue weighted by Gasteiger charge is -2.37. The molecule has 6 heteroatoms. The fraction of sp³-hybridized carbons (Fsp3) is 1.00. The Hall–Kier alpha value is 0.531. The normalized spacial score (nSPS) is 14.2. The third-order valence-electron chi connectivity index (χ3n) is 1.73. The molecule has 0 aromatic heterocycles. The summed E-state index contributed by atoms with van der Waals surface area (Å²) in [4.78, 5) is 0. The Kier molecular flexibility index (Phi) is 6.12. The van der Waals surface area contributed by atoms with Crippen molar-refractivity contribution in [2.24, 2.45) is 0 Å². The molecule has 0 saturated heterocycles. The highest BCUT2D eigenvalue weighted by molar-refractivity contribution is 6.87. The Morgan fingerprint density at radius 1 is 0.812 bits per heavy atom. The van der Waals surface area contributed by atoms with Crippen molar-refractivity contribution in [3.8, 4) is 0 Å². The summed E-state index contributed by atoms with van der Waals surface area (Å²) in [5.41, 5.74) is 0. The summed E-state index contributed by atoms with van der Waals surface area (Å²) >= 11 is 0. The van der Waals surface area contributed by atoms with E-state index in [1.165, 1.54) is 0 Å². The van der Waals surface area contributed by atoms with Crippen LogP contribution in [0, 0.1) is 0 Å². The van der Waals surface area contributed by atoms with Gasteiger partial charge < -0.3 is 13.0 Å². The molecule has 0 rings (SSSR count). The van der Waals surface area contributed by atoms with Crippen molar-refractivity contribution in [3.63, 3.8) is 0 Å². The van der Waals surface area contributed by atoms with E-state index in [0.29, 0.717) is 0 Å². The van der Waals surface area contributed by atoms with Crippen LogP contribution in [0.15, 0.2) is 0 Å². The van der Waals surface area contributed by atoms with Crippen molar-refractivity contribution in [2.75, 3.05) is 12.8 Å². The molecule has 0 aromatic rings. The molecule has 0 N–H and O–H groups in total. The minimum Gasteiger partial charge on any atom is -0.437 e. The summed E-state index contributed by atoms with van der Waals surface area (Å²) < 4.78 is 17.9. The van der Waals surface area contributed by atoms with Gasteiger partial charge in [0.1, 0.15) is 0 Å². The van der Waals surface area contributed by atoms with E-state index in [0.717, 1.165) is 12.8 Å². The lowest BCUT2D eigenvalue weighted by molar-refractivity contribution is 0.177. The maximum atomic E-state index is 6.27. The van der Waals surface area contributed by atoms with Crippen LogP contribution in [0.3, 0.4) is 0 Å². The van der Waals surface area contributed by atoms with E-state index in [1.54, 1.807) is 0 Å². The standard InChI is InChI=1S/C10H28O3Si3/c1-9-11-10-15(5,6)13-16(7,8)12-14(2,3)4/h9-10H2,1-8H3. The molecule has 0 unspecified atom stereocenters. The highest BCUT2D eigenvalue weighted by atomic mass is 28.5. The Bertz CT molecular complexity index is 212. The van der Waals surface area contributed by atoms with Crippen LogP contribution >= 0.6 is 0 Å². The number of ether oxygens (including phenoxy) is 1. The first kappa shape index (κ1) is 16.5. The Labute approximate surface area is 104 Å². The van der Waals surface area contributed by atoms with Gasteiger partial charge in [-0.2, -0.15) is 0 Å². The molecule has 0 spiro atoms. The second-order valence-corrected chi connectivity index (χ2v) is 18.6. The van der Waals surface area contributed by atoms with Crippen molar-refractivity contribution in [3.05, 3.63) is 0 Å². The molecule has 0 radical (unpaired) electrons. The molecule has 0 aliphatic carbocycles. The van der Waals surface area contributed by atoms with Gasteiger partial charge in [-0.1, -0.05) is 0 Å². The van der Waals surface area contributed by atoms with E-state index in [9.17, 15) is 0 Å². The minimum atomic E-state index is -1.98. The van der Waals surface area contributed by atoms with Gasteiger partial charge in [-0.05, 0) is 52.8 Å². The Balaban J connectivity index is 4.33. The molecule has 0 atom stereocenters. The van der Waals surface area contributed by atoms with E-state index in [-0.39, 0.29) is 0 Å². The molecular formula is C10H28O3Si3. The minimum absolute atomic E-state index is 0.759. The van der Waals surface area contributed by atoms with E-state index < -0.39 is 25.2 Å². The monoisotopic (exact) mass is 280 g/mol. The van der Waals surface area contributed by atoms with Gasteiger partial charge >= 0.3 is 8.56 Å². The van der Waals surface area contributed by atoms with Crippen LogP contribution in [0.4, 0.5) is 0 Å². The lowest BCUT2D eigenvalue weighted by atomic mass is 10.9. The van der Waals surface area contributed by atoms with Crippen LogP contribution < -0.4 is 0 Å². The van der Waals surface area contributed by atoms with E-state index in [2.05, 4.69) is 45.8 Å². The van der Waals surface area contributed by atoms with Gasteiger partial charge in [-0.15, -0.1) is 0 Å². The predicted octanol–water partition coefficient (Wildman–Crippen LogP) is 3.34. The zero-order valence-electron chi connectivity index (χ0n) is 12.1. The first-order valence-electron chi connectivity index (χ1n) is 5.95. The molecule has 0 amide bonds. The number of rotatable bonds is 7. The van der Waals surface area contributed by atoms with Gasteiger partial charge in [-0.3, -0.25) is 0 Å². The van der Waals surface area contributed by atoms with Crippen molar-refractivity contribution >= 4 is 25.2 Å². The van der Waals surface area contributed by atoms with Crippen molar-refractivity contribution < 1.29 is 13.0 Å². The molecule has 16 heavy (non-hydrogen) atoms. The highest BCUT2D eigenvalue weighted by Crippen LogP contribution is 2.20. The summed E-state index contributed by atoms with van der Waals surface area (Å²) in [6.07, 6.45) is 0.759. The molecule has 0 saturated carbocycles. The smallest absolute Gasteiger partial charge is 0.311 e. The van der Waals surface area contributed by atoms with Gasteiger partial charge in [0.25, 0.3) is 0 Å². The van der Waals surface area contributed by atoms with Crippen LogP contribution in [-0.4, -0.2) is 38.0 Å². The fourth-order valence-corrected chi connectivity index (χ4v) is 14.5. The molecular weight excluding hydrogens is 252 g/mol. The molecule has 98 valence electrons. The van der Waals surface area contributed by atoms with Crippen LogP contribution in [0.5, 0.6) is 0 Å². The van der Waals surface area contributed by atoms with E-state index >= 15 is 0 Å². The summed E-state index contributed by atoms with van der Waals surface area (Å²) in [7, 11) is -5.21. The van der Waals surface area contributed by atoms with Gasteiger partial charge in [0.2, 0.25) is 8.32 Å². The molecule has 0 aliphatic heterocycles. The molecule has 0 aromatic carbocycles. The maximum absolute atomic E-state index is 6.27. The number of hydrogen-bond donors (Lipinski definition) is 0. The van der Waals surface area contributed by atoms with Crippen LogP contribution in [0.2, 0.25) is 45.8 Å². The predicted molar refractivity (Wildman–Crippen MR) is 77.0 cm³/mol. The summed E-state index contributed by atoms with van der Waals surface area (Å²) in [6, 6.07) is 0. The average Bonchev–Trinajstić information content (AvgIpc) is 1.93. The highest BCUT2D eigenvalue weighted by Gasteiger charge is 2.37. The van der Waals surface area contributed by atoms with E-state index in [4.69, 9.17) is 13.0 Å². The molecule has 0 bridgehead atoms. The van der Waals surface area contributed by atoms with Gasteiger partial charge in [-0.25, -0.2) is 0 Å². The maximum Gasteiger partial charge on any atom is 0.311 e. The molecule has 3 nitrogen and oxygen atoms in total. The average molecular weight is 281 g/mol. The number of hydrogen-bond acceptors (Lipinski definition) is 3. The molecule has 0 heterocycles. The topological polar surface area (TPSA) is 27.7 Å². The fourth-order valence-electron chi connectivity index (χ4n) is 1.80. The van der Waals surface area contributed by atoms with Crippen molar-refractivity contribution in [1.29, 1.82) is 0 Å². The molecule has 0 fully saturated rings. The summed E-state index contributed by atoms with van der Waals surface area (Å²) in [5.74, 6) is 0. The van der Waals surface area contributed by atoms with Crippen LogP contribution in [0.1, 0.15) is 6.92 Å². The van der Waals surface area contributed by atoms with Crippen molar-refractivity contribution in [2.45, 2.75) is 52.8 Å². The van der Waals surface area contributed by atoms with Crippen molar-refractivity contribution in [1.82, 2.24) is 0 Å². The Morgan fingerprint density at radius 3 is 1.69 bits per heavy atom. The van der Waals surface area contributed by atoms with E-state index in [1.807, 2.05) is 6.92 Å². The zero-order valence-corrected chi connectivity index (χ0v) is 15.1. The molecule has 0 aliphatic rings.